The minimum atomic E-state index is -0.786. The van der Waals surface area contributed by atoms with Crippen molar-refractivity contribution in [1.29, 1.82) is 5.26 Å². The summed E-state index contributed by atoms with van der Waals surface area (Å²) in [5, 5.41) is 11.4. The molecule has 1 aromatic carbocycles. The Kier molecular flexibility index (Phi) is 6.24. The van der Waals surface area contributed by atoms with E-state index in [-0.39, 0.29) is 24.7 Å². The van der Waals surface area contributed by atoms with Crippen LogP contribution in [0.1, 0.15) is 18.9 Å². The van der Waals surface area contributed by atoms with Gasteiger partial charge in [-0.25, -0.2) is 4.79 Å². The molecule has 106 valence electrons. The first-order valence-corrected chi connectivity index (χ1v) is 6.37. The molecule has 0 aliphatic carbocycles. The topological polar surface area (TPSA) is 79.2 Å². The highest BCUT2D eigenvalue weighted by Gasteiger charge is 2.23. The minimum Gasteiger partial charge on any atom is -0.467 e. The molecule has 0 aliphatic rings. The van der Waals surface area contributed by atoms with Gasteiger partial charge in [0.15, 0.2) is 0 Å². The van der Waals surface area contributed by atoms with E-state index in [2.05, 4.69) is 10.1 Å². The van der Waals surface area contributed by atoms with Crippen LogP contribution in [0.25, 0.3) is 0 Å². The highest BCUT2D eigenvalue weighted by molar-refractivity contribution is 5.85. The van der Waals surface area contributed by atoms with Gasteiger partial charge in [-0.3, -0.25) is 4.79 Å². The lowest BCUT2D eigenvalue weighted by atomic mass is 10.0. The Bertz CT molecular complexity index is 494. The van der Waals surface area contributed by atoms with Crippen molar-refractivity contribution >= 4 is 11.9 Å². The van der Waals surface area contributed by atoms with Gasteiger partial charge < -0.3 is 10.1 Å². The molecule has 2 atom stereocenters. The Morgan fingerprint density at radius 1 is 1.35 bits per heavy atom. The zero-order valence-electron chi connectivity index (χ0n) is 11.6. The van der Waals surface area contributed by atoms with Gasteiger partial charge in [0.05, 0.1) is 19.6 Å². The van der Waals surface area contributed by atoms with E-state index in [1.807, 2.05) is 36.4 Å². The monoisotopic (exact) mass is 274 g/mol. The lowest BCUT2D eigenvalue weighted by Crippen LogP contribution is -2.43. The summed E-state index contributed by atoms with van der Waals surface area (Å²) in [6.07, 6.45) is 0.430. The molecule has 5 nitrogen and oxygen atoms in total. The number of nitrogens with one attached hydrogen (secondary N) is 1. The Hall–Kier alpha value is -2.35. The molecule has 0 aromatic heterocycles. The van der Waals surface area contributed by atoms with E-state index < -0.39 is 12.0 Å². The van der Waals surface area contributed by atoms with Crippen molar-refractivity contribution in [1.82, 2.24) is 5.32 Å². The molecule has 1 N–H and O–H groups in total. The summed E-state index contributed by atoms with van der Waals surface area (Å²) in [5.74, 6) is -1.14. The van der Waals surface area contributed by atoms with Crippen LogP contribution in [0, 0.1) is 17.2 Å². The maximum Gasteiger partial charge on any atom is 0.328 e. The number of carbonyl (C=O) groups is 2. The number of nitriles is 1. The van der Waals surface area contributed by atoms with Gasteiger partial charge in [-0.2, -0.15) is 5.26 Å². The second kappa shape index (κ2) is 7.95. The van der Waals surface area contributed by atoms with Crippen molar-refractivity contribution in [3.63, 3.8) is 0 Å². The smallest absolute Gasteiger partial charge is 0.328 e. The van der Waals surface area contributed by atoms with Gasteiger partial charge in [0.1, 0.15) is 6.04 Å². The molecule has 1 amide bonds. The average molecular weight is 274 g/mol. The van der Waals surface area contributed by atoms with Crippen molar-refractivity contribution in [3.05, 3.63) is 35.9 Å². The fraction of sp³-hybridized carbons (Fsp3) is 0.400. The first-order chi connectivity index (χ1) is 9.56. The molecule has 0 saturated heterocycles. The summed E-state index contributed by atoms with van der Waals surface area (Å²) in [5.41, 5.74) is 0.863. The van der Waals surface area contributed by atoms with Crippen molar-refractivity contribution < 1.29 is 14.3 Å². The number of methoxy groups -OCH3 is 1. The minimum absolute atomic E-state index is 0.190. The number of hydrogen-bond acceptors (Lipinski definition) is 4. The summed E-state index contributed by atoms with van der Waals surface area (Å²) in [7, 11) is 1.26. The highest BCUT2D eigenvalue weighted by atomic mass is 16.5. The van der Waals surface area contributed by atoms with Crippen LogP contribution in [0.3, 0.4) is 0 Å². The maximum absolute atomic E-state index is 11.9. The molecule has 0 spiro atoms. The molecule has 1 rings (SSSR count). The number of amides is 1. The first kappa shape index (κ1) is 15.7. The third-order valence-electron chi connectivity index (χ3n) is 2.84. The molecule has 0 radical (unpaired) electrons. The Morgan fingerprint density at radius 3 is 2.55 bits per heavy atom. The van der Waals surface area contributed by atoms with E-state index in [1.54, 1.807) is 6.92 Å². The van der Waals surface area contributed by atoms with Crippen LogP contribution in [0.4, 0.5) is 0 Å². The molecular formula is C15H18N2O3. The van der Waals surface area contributed by atoms with Crippen molar-refractivity contribution in [2.45, 2.75) is 25.8 Å². The summed E-state index contributed by atoms with van der Waals surface area (Å²) in [6.45, 7) is 1.69. The lowest BCUT2D eigenvalue weighted by molar-refractivity contribution is -0.145. The van der Waals surface area contributed by atoms with Gasteiger partial charge in [-0.1, -0.05) is 30.3 Å². The standard InChI is InChI=1S/C15H18N2O3/c1-11(10-16)8-13(15(19)20-2)17-14(18)9-12-6-4-3-5-7-12/h3-7,11,13H,8-9H2,1-2H3,(H,17,18)/t11-,13-/m0/s1. The molecule has 0 saturated carbocycles. The van der Waals surface area contributed by atoms with Gasteiger partial charge in [0, 0.05) is 5.92 Å². The van der Waals surface area contributed by atoms with Crippen LogP contribution in [-0.2, 0) is 20.7 Å². The van der Waals surface area contributed by atoms with E-state index in [4.69, 9.17) is 5.26 Å². The summed E-state index contributed by atoms with van der Waals surface area (Å²) in [4.78, 5) is 23.5. The lowest BCUT2D eigenvalue weighted by Gasteiger charge is -2.17. The van der Waals surface area contributed by atoms with E-state index in [9.17, 15) is 9.59 Å². The van der Waals surface area contributed by atoms with Crippen LogP contribution in [-0.4, -0.2) is 25.0 Å². The molecule has 0 aliphatic heterocycles. The van der Waals surface area contributed by atoms with Crippen LogP contribution < -0.4 is 5.32 Å². The average Bonchev–Trinajstić information content (AvgIpc) is 2.46. The third kappa shape index (κ3) is 5.11. The fourth-order valence-electron chi connectivity index (χ4n) is 1.79. The zero-order valence-corrected chi connectivity index (χ0v) is 11.6. The number of nitrogens with zero attached hydrogens (tertiary/aromatic N) is 1. The largest absolute Gasteiger partial charge is 0.467 e. The number of hydrogen-bond donors (Lipinski definition) is 1. The van der Waals surface area contributed by atoms with Crippen molar-refractivity contribution in [3.8, 4) is 6.07 Å². The second-order valence-corrected chi connectivity index (χ2v) is 4.57. The molecule has 20 heavy (non-hydrogen) atoms. The first-order valence-electron chi connectivity index (χ1n) is 6.37. The number of benzene rings is 1. The van der Waals surface area contributed by atoms with Crippen LogP contribution in [0.2, 0.25) is 0 Å². The number of carbonyl (C=O) groups excluding carboxylic acids is 2. The van der Waals surface area contributed by atoms with Gasteiger partial charge in [0.2, 0.25) is 5.91 Å². The van der Waals surface area contributed by atoms with Gasteiger partial charge in [0.25, 0.3) is 0 Å². The molecule has 5 heteroatoms. The van der Waals surface area contributed by atoms with E-state index in [0.29, 0.717) is 0 Å². The Balaban J connectivity index is 2.62. The van der Waals surface area contributed by atoms with Crippen LogP contribution in [0.5, 0.6) is 0 Å². The number of esters is 1. The van der Waals surface area contributed by atoms with E-state index >= 15 is 0 Å². The van der Waals surface area contributed by atoms with Gasteiger partial charge in [-0.05, 0) is 18.9 Å². The predicted molar refractivity (Wildman–Crippen MR) is 73.5 cm³/mol. The zero-order chi connectivity index (χ0) is 15.0. The maximum atomic E-state index is 11.9. The molecule has 0 heterocycles. The molecular weight excluding hydrogens is 256 g/mol. The van der Waals surface area contributed by atoms with Gasteiger partial charge in [-0.15, -0.1) is 0 Å². The fourth-order valence-corrected chi connectivity index (χ4v) is 1.79. The Morgan fingerprint density at radius 2 is 2.00 bits per heavy atom. The summed E-state index contributed by atoms with van der Waals surface area (Å²) >= 11 is 0. The summed E-state index contributed by atoms with van der Waals surface area (Å²) in [6, 6.07) is 10.5. The highest BCUT2D eigenvalue weighted by Crippen LogP contribution is 2.07. The molecule has 0 bridgehead atoms. The number of rotatable bonds is 6. The number of ether oxygens (including phenoxy) is 1. The van der Waals surface area contributed by atoms with E-state index in [1.165, 1.54) is 7.11 Å². The summed E-state index contributed by atoms with van der Waals surface area (Å²) < 4.78 is 4.65. The SMILES string of the molecule is COC(=O)[C@H](C[C@H](C)C#N)NC(=O)Cc1ccccc1. The van der Waals surface area contributed by atoms with Crippen LogP contribution in [0.15, 0.2) is 30.3 Å². The van der Waals surface area contributed by atoms with Crippen molar-refractivity contribution in [2.75, 3.05) is 7.11 Å². The van der Waals surface area contributed by atoms with Gasteiger partial charge >= 0.3 is 5.97 Å². The van der Waals surface area contributed by atoms with Crippen molar-refractivity contribution in [2.24, 2.45) is 5.92 Å². The quantitative estimate of drug-likeness (QED) is 0.796. The predicted octanol–water partition coefficient (Wildman–Crippen LogP) is 1.44. The molecule has 0 unspecified atom stereocenters. The normalized spacial score (nSPS) is 12.8. The van der Waals surface area contributed by atoms with E-state index in [0.717, 1.165) is 5.56 Å². The second-order valence-electron chi connectivity index (χ2n) is 4.57. The third-order valence-corrected chi connectivity index (χ3v) is 2.84. The van der Waals surface area contributed by atoms with Crippen LogP contribution >= 0.6 is 0 Å². The Labute approximate surface area is 118 Å². The molecule has 0 fully saturated rings. The molecule has 1 aromatic rings.